The molecule has 1 saturated carbocycles. The second kappa shape index (κ2) is 3.68. The molecule has 15 heavy (non-hydrogen) atoms. The number of ether oxygens (including phenoxy) is 1. The van der Waals surface area contributed by atoms with Crippen LogP contribution in [0.15, 0.2) is 0 Å². The summed E-state index contributed by atoms with van der Waals surface area (Å²) in [7, 11) is 2.12. The van der Waals surface area contributed by atoms with Gasteiger partial charge in [0, 0.05) is 13.1 Å². The minimum Gasteiger partial charge on any atom is -0.350 e. The average molecular weight is 212 g/mol. The Morgan fingerprint density at radius 3 is 2.93 bits per heavy atom. The molecule has 3 rings (SSSR count). The van der Waals surface area contributed by atoms with Crippen molar-refractivity contribution in [1.82, 2.24) is 15.9 Å². The molecule has 5 nitrogen and oxygen atoms in total. The van der Waals surface area contributed by atoms with Crippen molar-refractivity contribution in [3.05, 3.63) is 0 Å². The normalized spacial score (nSPS) is 50.4. The quantitative estimate of drug-likeness (QED) is 0.329. The van der Waals surface area contributed by atoms with Crippen molar-refractivity contribution in [2.75, 3.05) is 7.05 Å². The van der Waals surface area contributed by atoms with E-state index in [9.17, 15) is 0 Å². The molecule has 86 valence electrons. The predicted molar refractivity (Wildman–Crippen MR) is 56.4 cm³/mol. The highest BCUT2D eigenvalue weighted by atomic mass is 16.6. The summed E-state index contributed by atoms with van der Waals surface area (Å²) < 4.78 is 5.55. The summed E-state index contributed by atoms with van der Waals surface area (Å²) in [6.07, 6.45) is 5.70. The second-order valence-corrected chi connectivity index (χ2v) is 4.97. The highest BCUT2D eigenvalue weighted by Gasteiger charge is 2.54. The molecule has 5 heteroatoms. The van der Waals surface area contributed by atoms with Crippen LogP contribution >= 0.6 is 0 Å². The Kier molecular flexibility index (Phi) is 2.45. The van der Waals surface area contributed by atoms with Gasteiger partial charge in [-0.1, -0.05) is 12.8 Å². The molecule has 3 fully saturated rings. The molecular weight excluding hydrogens is 192 g/mol. The molecule has 0 aromatic carbocycles. The maximum Gasteiger partial charge on any atom is 0.148 e. The number of rotatable bonds is 2. The van der Waals surface area contributed by atoms with Crippen LogP contribution in [0.3, 0.4) is 0 Å². The van der Waals surface area contributed by atoms with Gasteiger partial charge in [0.25, 0.3) is 0 Å². The maximum absolute atomic E-state index is 5.55. The van der Waals surface area contributed by atoms with Crippen molar-refractivity contribution in [3.8, 4) is 0 Å². The molecule has 0 aromatic heterocycles. The number of hydrogen-bond donors (Lipinski definition) is 3. The summed E-state index contributed by atoms with van der Waals surface area (Å²) in [4.78, 5) is 0. The SMILES string of the molecule is CN1NC2CCCCC2C1C1OC1NN. The minimum atomic E-state index is 0.0694. The minimum absolute atomic E-state index is 0.0694. The number of likely N-dealkylation sites (N-methyl/N-ethyl adjacent to an activating group) is 1. The summed E-state index contributed by atoms with van der Waals surface area (Å²) in [6, 6.07) is 1.16. The van der Waals surface area contributed by atoms with Crippen LogP contribution in [0.4, 0.5) is 0 Å². The van der Waals surface area contributed by atoms with Gasteiger partial charge in [0.15, 0.2) is 0 Å². The van der Waals surface area contributed by atoms with Gasteiger partial charge in [-0.2, -0.15) is 0 Å². The van der Waals surface area contributed by atoms with Crippen LogP contribution in [-0.4, -0.2) is 36.5 Å². The fourth-order valence-electron chi connectivity index (χ4n) is 3.35. The fourth-order valence-corrected chi connectivity index (χ4v) is 3.35. The van der Waals surface area contributed by atoms with E-state index in [0.717, 1.165) is 5.92 Å². The monoisotopic (exact) mass is 212 g/mol. The molecule has 4 N–H and O–H groups in total. The average Bonchev–Trinajstić information content (AvgIpc) is 2.93. The number of nitrogens with one attached hydrogen (secondary N) is 2. The zero-order valence-corrected chi connectivity index (χ0v) is 9.15. The van der Waals surface area contributed by atoms with Gasteiger partial charge in [-0.25, -0.2) is 10.4 Å². The van der Waals surface area contributed by atoms with E-state index >= 15 is 0 Å². The van der Waals surface area contributed by atoms with Gasteiger partial charge < -0.3 is 4.74 Å². The Balaban J connectivity index is 1.71. The summed E-state index contributed by atoms with van der Waals surface area (Å²) >= 11 is 0. The molecule has 3 aliphatic rings. The lowest BCUT2D eigenvalue weighted by atomic mass is 9.80. The van der Waals surface area contributed by atoms with Gasteiger partial charge in [0.1, 0.15) is 12.3 Å². The smallest absolute Gasteiger partial charge is 0.148 e. The van der Waals surface area contributed by atoms with E-state index < -0.39 is 0 Å². The highest BCUT2D eigenvalue weighted by Crippen LogP contribution is 2.40. The molecule has 2 saturated heterocycles. The number of epoxide rings is 1. The standard InChI is InChI=1S/C10H20N4O/c1-14-8(9-10(12-11)15-9)6-4-2-3-5-7(6)13-14/h6-10,12-13H,2-5,11H2,1H3. The van der Waals surface area contributed by atoms with Gasteiger partial charge in [-0.15, -0.1) is 0 Å². The first-order valence-electron chi connectivity index (χ1n) is 5.92. The molecule has 2 heterocycles. The van der Waals surface area contributed by atoms with E-state index in [1.165, 1.54) is 25.7 Å². The summed E-state index contributed by atoms with van der Waals surface area (Å²) in [6.45, 7) is 0. The third kappa shape index (κ3) is 1.59. The molecule has 0 radical (unpaired) electrons. The first kappa shape index (κ1) is 9.99. The molecule has 0 amide bonds. The number of hydrazine groups is 2. The van der Waals surface area contributed by atoms with Gasteiger partial charge in [0.2, 0.25) is 0 Å². The van der Waals surface area contributed by atoms with Gasteiger partial charge in [-0.3, -0.25) is 11.3 Å². The topological polar surface area (TPSA) is 65.8 Å². The number of nitrogens with two attached hydrogens (primary N) is 1. The third-order valence-electron chi connectivity index (χ3n) is 4.10. The highest BCUT2D eigenvalue weighted by molar-refractivity contribution is 5.03. The van der Waals surface area contributed by atoms with Crippen LogP contribution in [0.25, 0.3) is 0 Å². The Morgan fingerprint density at radius 2 is 2.20 bits per heavy atom. The van der Waals surface area contributed by atoms with Crippen LogP contribution in [0.2, 0.25) is 0 Å². The van der Waals surface area contributed by atoms with Crippen LogP contribution in [-0.2, 0) is 4.74 Å². The van der Waals surface area contributed by atoms with Gasteiger partial charge >= 0.3 is 0 Å². The Hall–Kier alpha value is -0.200. The molecule has 0 bridgehead atoms. The molecular formula is C10H20N4O. The number of fused-ring (bicyclic) bond motifs is 1. The molecule has 5 unspecified atom stereocenters. The lowest BCUT2D eigenvalue weighted by Gasteiger charge is -2.27. The first-order valence-corrected chi connectivity index (χ1v) is 5.92. The lowest BCUT2D eigenvalue weighted by molar-refractivity contribution is 0.173. The van der Waals surface area contributed by atoms with Crippen molar-refractivity contribution < 1.29 is 4.74 Å². The predicted octanol–water partition coefficient (Wildman–Crippen LogP) is -0.448. The van der Waals surface area contributed by atoms with Crippen molar-refractivity contribution in [2.45, 2.75) is 50.1 Å². The summed E-state index contributed by atoms with van der Waals surface area (Å²) in [5.41, 5.74) is 6.26. The largest absolute Gasteiger partial charge is 0.350 e. The zero-order valence-electron chi connectivity index (χ0n) is 9.15. The maximum atomic E-state index is 5.55. The van der Waals surface area contributed by atoms with Gasteiger partial charge in [-0.05, 0) is 18.8 Å². The van der Waals surface area contributed by atoms with E-state index in [0.29, 0.717) is 12.1 Å². The van der Waals surface area contributed by atoms with Crippen LogP contribution < -0.4 is 16.7 Å². The van der Waals surface area contributed by atoms with Crippen molar-refractivity contribution in [1.29, 1.82) is 0 Å². The van der Waals surface area contributed by atoms with Crippen LogP contribution in [0, 0.1) is 5.92 Å². The molecule has 1 aliphatic carbocycles. The lowest BCUT2D eigenvalue weighted by Crippen LogP contribution is -2.41. The second-order valence-electron chi connectivity index (χ2n) is 4.97. The molecule has 0 aromatic rings. The van der Waals surface area contributed by atoms with E-state index in [1.54, 1.807) is 0 Å². The Labute approximate surface area is 90.3 Å². The summed E-state index contributed by atoms with van der Waals surface area (Å²) in [5, 5.41) is 2.24. The van der Waals surface area contributed by atoms with Gasteiger partial charge in [0.05, 0.1) is 6.04 Å². The Bertz CT molecular complexity index is 250. The fraction of sp³-hybridized carbons (Fsp3) is 1.00. The Morgan fingerprint density at radius 1 is 1.40 bits per heavy atom. The first-order chi connectivity index (χ1) is 7.31. The number of nitrogens with zero attached hydrogens (tertiary/aromatic N) is 1. The van der Waals surface area contributed by atoms with Crippen molar-refractivity contribution >= 4 is 0 Å². The molecule has 5 atom stereocenters. The van der Waals surface area contributed by atoms with E-state index in [2.05, 4.69) is 22.9 Å². The zero-order chi connectivity index (χ0) is 10.4. The van der Waals surface area contributed by atoms with E-state index in [-0.39, 0.29) is 12.3 Å². The third-order valence-corrected chi connectivity index (χ3v) is 4.10. The summed E-state index contributed by atoms with van der Waals surface area (Å²) in [5.74, 6) is 6.13. The molecule has 2 aliphatic heterocycles. The van der Waals surface area contributed by atoms with Crippen molar-refractivity contribution in [3.63, 3.8) is 0 Å². The molecule has 0 spiro atoms. The van der Waals surface area contributed by atoms with Crippen molar-refractivity contribution in [2.24, 2.45) is 11.8 Å². The number of hydrogen-bond acceptors (Lipinski definition) is 5. The van der Waals surface area contributed by atoms with Crippen LogP contribution in [0.5, 0.6) is 0 Å². The van der Waals surface area contributed by atoms with E-state index in [4.69, 9.17) is 10.6 Å². The van der Waals surface area contributed by atoms with Crippen LogP contribution in [0.1, 0.15) is 25.7 Å². The van der Waals surface area contributed by atoms with E-state index in [1.807, 2.05) is 0 Å².